The van der Waals surface area contributed by atoms with Crippen LogP contribution >= 0.6 is 0 Å². The van der Waals surface area contributed by atoms with E-state index in [2.05, 4.69) is 5.32 Å². The third-order valence-electron chi connectivity index (χ3n) is 2.33. The average molecular weight is 193 g/mol. The maximum absolute atomic E-state index is 10.9. The predicted molar refractivity (Wildman–Crippen MR) is 46.7 cm³/mol. The van der Waals surface area contributed by atoms with E-state index in [1.54, 1.807) is 6.92 Å². The molecule has 1 aliphatic heterocycles. The normalized spacial score (nSPS) is 27.3. The highest BCUT2D eigenvalue weighted by Crippen LogP contribution is 2.17. The Balaban J connectivity index is 2.68. The lowest BCUT2D eigenvalue weighted by atomic mass is 10.1. The minimum atomic E-state index is -3.86. The summed E-state index contributed by atoms with van der Waals surface area (Å²) in [5.74, 6) is 0. The molecule has 0 saturated carbocycles. The minimum absolute atomic E-state index is 0.0509. The maximum Gasteiger partial charge on any atom is 0.269 e. The maximum atomic E-state index is 10.9. The Bertz CT molecular complexity index is 231. The number of rotatable bonds is 3. The summed E-state index contributed by atoms with van der Waals surface area (Å²) in [6.45, 7) is 2.63. The van der Waals surface area contributed by atoms with Gasteiger partial charge in [0.05, 0.1) is 0 Å². The van der Waals surface area contributed by atoms with Crippen molar-refractivity contribution >= 4 is 10.1 Å². The SMILES string of the molecule is CCC(C1CCCN1)S(=O)(=O)O. The van der Waals surface area contributed by atoms with Gasteiger partial charge in [-0.25, -0.2) is 0 Å². The first-order valence-corrected chi connectivity index (χ1v) is 5.75. The molecule has 0 amide bonds. The zero-order valence-corrected chi connectivity index (χ0v) is 7.97. The molecular formula is C7H15NO3S. The molecular weight excluding hydrogens is 178 g/mol. The average Bonchev–Trinajstić information content (AvgIpc) is 2.38. The lowest BCUT2D eigenvalue weighted by Gasteiger charge is -2.18. The third-order valence-corrected chi connectivity index (χ3v) is 3.76. The van der Waals surface area contributed by atoms with Crippen LogP contribution in [0.15, 0.2) is 0 Å². The first kappa shape index (κ1) is 9.95. The fraction of sp³-hybridized carbons (Fsp3) is 1.00. The van der Waals surface area contributed by atoms with Gasteiger partial charge in [0.1, 0.15) is 5.25 Å². The number of nitrogens with one attached hydrogen (secondary N) is 1. The van der Waals surface area contributed by atoms with Crippen LogP contribution in [0.1, 0.15) is 26.2 Å². The fourth-order valence-corrected chi connectivity index (χ4v) is 2.80. The molecule has 0 spiro atoms. The molecule has 0 aromatic rings. The van der Waals surface area contributed by atoms with Crippen LogP contribution in [0.2, 0.25) is 0 Å². The van der Waals surface area contributed by atoms with Gasteiger partial charge in [-0.3, -0.25) is 4.55 Å². The summed E-state index contributed by atoms with van der Waals surface area (Å²) in [5, 5.41) is 2.45. The van der Waals surface area contributed by atoms with Crippen molar-refractivity contribution in [3.8, 4) is 0 Å². The van der Waals surface area contributed by atoms with Crippen molar-refractivity contribution in [3.05, 3.63) is 0 Å². The fourth-order valence-electron chi connectivity index (χ4n) is 1.73. The van der Waals surface area contributed by atoms with Crippen LogP contribution in [0.25, 0.3) is 0 Å². The summed E-state index contributed by atoms with van der Waals surface area (Å²) in [7, 11) is -3.86. The van der Waals surface area contributed by atoms with Gasteiger partial charge in [0.25, 0.3) is 10.1 Å². The van der Waals surface area contributed by atoms with Crippen LogP contribution in [0, 0.1) is 0 Å². The Morgan fingerprint density at radius 3 is 2.67 bits per heavy atom. The summed E-state index contributed by atoms with van der Waals surface area (Å²) < 4.78 is 30.6. The van der Waals surface area contributed by atoms with Crippen LogP contribution < -0.4 is 5.32 Å². The Kier molecular flexibility index (Phi) is 3.09. The van der Waals surface area contributed by atoms with Gasteiger partial charge in [0.2, 0.25) is 0 Å². The van der Waals surface area contributed by atoms with Gasteiger partial charge >= 0.3 is 0 Å². The van der Waals surface area contributed by atoms with Crippen molar-refractivity contribution in [3.63, 3.8) is 0 Å². The van der Waals surface area contributed by atoms with Crippen LogP contribution in [0.5, 0.6) is 0 Å². The number of hydrogen-bond donors (Lipinski definition) is 2. The molecule has 1 saturated heterocycles. The minimum Gasteiger partial charge on any atom is -0.313 e. The molecule has 72 valence electrons. The summed E-state index contributed by atoms with van der Waals surface area (Å²) in [6, 6.07) is -0.0509. The van der Waals surface area contributed by atoms with Crippen molar-refractivity contribution in [1.29, 1.82) is 0 Å². The highest BCUT2D eigenvalue weighted by atomic mass is 32.2. The van der Waals surface area contributed by atoms with E-state index in [1.807, 2.05) is 0 Å². The second-order valence-corrected chi connectivity index (χ2v) is 4.80. The second kappa shape index (κ2) is 3.72. The summed E-state index contributed by atoms with van der Waals surface area (Å²) in [5.41, 5.74) is 0. The molecule has 1 rings (SSSR count). The smallest absolute Gasteiger partial charge is 0.269 e. The molecule has 0 aliphatic carbocycles. The third kappa shape index (κ3) is 2.18. The summed E-state index contributed by atoms with van der Waals surface area (Å²) >= 11 is 0. The molecule has 1 fully saturated rings. The molecule has 2 N–H and O–H groups in total. The second-order valence-electron chi connectivity index (χ2n) is 3.16. The quantitative estimate of drug-likeness (QED) is 0.637. The first-order valence-electron chi connectivity index (χ1n) is 4.25. The Morgan fingerprint density at radius 1 is 1.67 bits per heavy atom. The monoisotopic (exact) mass is 193 g/mol. The van der Waals surface area contributed by atoms with E-state index in [4.69, 9.17) is 4.55 Å². The molecule has 0 aromatic heterocycles. The molecule has 2 unspecified atom stereocenters. The van der Waals surface area contributed by atoms with Crippen LogP contribution in [0.4, 0.5) is 0 Å². The Morgan fingerprint density at radius 2 is 2.33 bits per heavy atom. The van der Waals surface area contributed by atoms with E-state index in [0.29, 0.717) is 6.42 Å². The summed E-state index contributed by atoms with van der Waals surface area (Å²) in [6.07, 6.45) is 2.31. The molecule has 2 atom stereocenters. The van der Waals surface area contributed by atoms with Gasteiger partial charge in [-0.1, -0.05) is 6.92 Å². The molecule has 0 radical (unpaired) electrons. The van der Waals surface area contributed by atoms with Gasteiger partial charge in [-0.2, -0.15) is 8.42 Å². The largest absolute Gasteiger partial charge is 0.313 e. The lowest BCUT2D eigenvalue weighted by molar-refractivity contribution is 0.436. The van der Waals surface area contributed by atoms with Crippen LogP contribution in [0.3, 0.4) is 0 Å². The zero-order valence-electron chi connectivity index (χ0n) is 7.16. The molecule has 4 nitrogen and oxygen atoms in total. The Hall–Kier alpha value is -0.130. The van der Waals surface area contributed by atoms with Gasteiger partial charge in [-0.05, 0) is 25.8 Å². The topological polar surface area (TPSA) is 66.4 Å². The van der Waals surface area contributed by atoms with E-state index >= 15 is 0 Å². The highest BCUT2D eigenvalue weighted by molar-refractivity contribution is 7.86. The molecule has 12 heavy (non-hydrogen) atoms. The van der Waals surface area contributed by atoms with Crippen LogP contribution in [-0.2, 0) is 10.1 Å². The van der Waals surface area contributed by atoms with Crippen LogP contribution in [-0.4, -0.2) is 30.8 Å². The van der Waals surface area contributed by atoms with Crippen molar-refractivity contribution in [2.45, 2.75) is 37.5 Å². The molecule has 1 heterocycles. The van der Waals surface area contributed by atoms with Crippen molar-refractivity contribution in [2.24, 2.45) is 0 Å². The lowest BCUT2D eigenvalue weighted by Crippen LogP contribution is -2.39. The van der Waals surface area contributed by atoms with Crippen molar-refractivity contribution < 1.29 is 13.0 Å². The Labute approximate surface area is 73.1 Å². The van der Waals surface area contributed by atoms with Gasteiger partial charge in [0.15, 0.2) is 0 Å². The van der Waals surface area contributed by atoms with E-state index in [1.165, 1.54) is 0 Å². The standard InChI is InChI=1S/C7H15NO3S/c1-2-7(12(9,10)11)6-4-3-5-8-6/h6-8H,2-5H2,1H3,(H,9,10,11). The van der Waals surface area contributed by atoms with Gasteiger partial charge in [-0.15, -0.1) is 0 Å². The highest BCUT2D eigenvalue weighted by Gasteiger charge is 2.32. The first-order chi connectivity index (χ1) is 5.55. The number of hydrogen-bond acceptors (Lipinski definition) is 3. The summed E-state index contributed by atoms with van der Waals surface area (Å²) in [4.78, 5) is 0. The molecule has 0 aromatic carbocycles. The van der Waals surface area contributed by atoms with Crippen molar-refractivity contribution in [2.75, 3.05) is 6.54 Å². The van der Waals surface area contributed by atoms with Gasteiger partial charge < -0.3 is 5.32 Å². The predicted octanol–water partition coefficient (Wildman–Crippen LogP) is 0.405. The van der Waals surface area contributed by atoms with Crippen molar-refractivity contribution in [1.82, 2.24) is 5.32 Å². The van der Waals surface area contributed by atoms with E-state index in [-0.39, 0.29) is 6.04 Å². The van der Waals surface area contributed by atoms with E-state index in [9.17, 15) is 8.42 Å². The van der Waals surface area contributed by atoms with E-state index in [0.717, 1.165) is 19.4 Å². The molecule has 5 heteroatoms. The van der Waals surface area contributed by atoms with E-state index < -0.39 is 15.4 Å². The molecule has 0 bridgehead atoms. The zero-order chi connectivity index (χ0) is 9.19. The van der Waals surface area contributed by atoms with Gasteiger partial charge in [0, 0.05) is 6.04 Å². The molecule has 1 aliphatic rings.